The van der Waals surface area contributed by atoms with Gasteiger partial charge in [-0.1, -0.05) is 18.5 Å². The average molecular weight is 496 g/mol. The number of methoxy groups -OCH3 is 1. The Morgan fingerprint density at radius 3 is 2.27 bits per heavy atom. The minimum atomic E-state index is -3.88. The van der Waals surface area contributed by atoms with Gasteiger partial charge in [0.25, 0.3) is 0 Å². The van der Waals surface area contributed by atoms with E-state index in [1.54, 1.807) is 18.9 Å². The Labute approximate surface area is 200 Å². The maximum atomic E-state index is 13.1. The van der Waals surface area contributed by atoms with Crippen molar-refractivity contribution in [2.24, 2.45) is 0 Å². The number of sulfonamides is 1. The molecule has 0 bridgehead atoms. The van der Waals surface area contributed by atoms with E-state index in [9.17, 15) is 13.2 Å². The number of anilines is 1. The molecule has 1 heterocycles. The number of hydrogen-bond acceptors (Lipinski definition) is 6. The van der Waals surface area contributed by atoms with Gasteiger partial charge in [0.1, 0.15) is 11.5 Å². The number of ether oxygens (including phenoxy) is 2. The van der Waals surface area contributed by atoms with E-state index in [1.165, 1.54) is 22.5 Å². The molecule has 0 radical (unpaired) electrons. The SMILES string of the molecule is CCOc1ccc(S(=O)(=O)N(CC)CC(=O)N2CCN(c3ccc(OC)cc3)CC2)cc1Cl. The Hall–Kier alpha value is -2.49. The summed E-state index contributed by atoms with van der Waals surface area (Å²) < 4.78 is 38.0. The molecule has 1 saturated heterocycles. The zero-order chi connectivity index (χ0) is 24.0. The highest BCUT2D eigenvalue weighted by Crippen LogP contribution is 2.29. The van der Waals surface area contributed by atoms with Crippen LogP contribution in [-0.2, 0) is 14.8 Å². The van der Waals surface area contributed by atoms with Crippen molar-refractivity contribution < 1.29 is 22.7 Å². The number of hydrogen-bond donors (Lipinski definition) is 0. The molecule has 1 aliphatic rings. The number of nitrogens with zero attached hydrogens (tertiary/aromatic N) is 3. The van der Waals surface area contributed by atoms with Gasteiger partial charge in [0.05, 0.1) is 30.2 Å². The number of carbonyl (C=O) groups excluding carboxylic acids is 1. The fraction of sp³-hybridized carbons (Fsp3) is 0.435. The number of benzene rings is 2. The molecule has 8 nitrogen and oxygen atoms in total. The first-order valence-corrected chi connectivity index (χ1v) is 12.7. The molecule has 3 rings (SSSR count). The molecule has 1 aliphatic heterocycles. The summed E-state index contributed by atoms with van der Waals surface area (Å²) in [6.07, 6.45) is 0. The summed E-state index contributed by atoms with van der Waals surface area (Å²) in [5, 5.41) is 0.218. The Bertz CT molecular complexity index is 1050. The van der Waals surface area contributed by atoms with Crippen LogP contribution in [0.5, 0.6) is 11.5 Å². The van der Waals surface area contributed by atoms with Gasteiger partial charge in [0.2, 0.25) is 15.9 Å². The second-order valence-corrected chi connectivity index (χ2v) is 9.87. The maximum absolute atomic E-state index is 13.1. The summed E-state index contributed by atoms with van der Waals surface area (Å²) in [6.45, 7) is 6.31. The van der Waals surface area contributed by atoms with Crippen LogP contribution in [0.25, 0.3) is 0 Å². The molecule has 33 heavy (non-hydrogen) atoms. The second-order valence-electron chi connectivity index (χ2n) is 7.52. The molecule has 0 atom stereocenters. The van der Waals surface area contributed by atoms with Gasteiger partial charge in [-0.2, -0.15) is 4.31 Å². The number of halogens is 1. The van der Waals surface area contributed by atoms with Crippen LogP contribution in [0.15, 0.2) is 47.4 Å². The monoisotopic (exact) mass is 495 g/mol. The van der Waals surface area contributed by atoms with Gasteiger partial charge in [-0.15, -0.1) is 0 Å². The molecule has 1 fully saturated rings. The van der Waals surface area contributed by atoms with Gasteiger partial charge in [0.15, 0.2) is 0 Å². The first kappa shape index (κ1) is 25.1. The Morgan fingerprint density at radius 2 is 1.73 bits per heavy atom. The number of amides is 1. The summed E-state index contributed by atoms with van der Waals surface area (Å²) in [5.41, 5.74) is 1.06. The lowest BCUT2D eigenvalue weighted by Crippen LogP contribution is -2.51. The number of likely N-dealkylation sites (N-methyl/N-ethyl adjacent to an activating group) is 1. The Morgan fingerprint density at radius 1 is 1.06 bits per heavy atom. The van der Waals surface area contributed by atoms with Crippen LogP contribution in [0.2, 0.25) is 5.02 Å². The lowest BCUT2D eigenvalue weighted by molar-refractivity contribution is -0.131. The van der Waals surface area contributed by atoms with E-state index in [-0.39, 0.29) is 28.9 Å². The second kappa shape index (κ2) is 11.1. The largest absolute Gasteiger partial charge is 0.497 e. The summed E-state index contributed by atoms with van der Waals surface area (Å²) >= 11 is 6.18. The minimum absolute atomic E-state index is 0.0370. The summed E-state index contributed by atoms with van der Waals surface area (Å²) in [5.74, 6) is 1.00. The Kier molecular flexibility index (Phi) is 8.45. The molecule has 0 unspecified atom stereocenters. The van der Waals surface area contributed by atoms with Gasteiger partial charge in [-0.25, -0.2) is 8.42 Å². The van der Waals surface area contributed by atoms with Crippen molar-refractivity contribution in [1.29, 1.82) is 0 Å². The molecule has 10 heteroatoms. The van der Waals surface area contributed by atoms with Crippen molar-refractivity contribution in [1.82, 2.24) is 9.21 Å². The number of rotatable bonds is 9. The van der Waals surface area contributed by atoms with Gasteiger partial charge in [-0.05, 0) is 49.4 Å². The maximum Gasteiger partial charge on any atom is 0.243 e. The molecule has 1 amide bonds. The van der Waals surface area contributed by atoms with Gasteiger partial charge in [0, 0.05) is 38.4 Å². The summed E-state index contributed by atoms with van der Waals surface area (Å²) in [6, 6.07) is 12.1. The summed E-state index contributed by atoms with van der Waals surface area (Å²) in [4.78, 5) is 16.9. The molecule has 0 aromatic heterocycles. The molecular formula is C23H30ClN3O5S. The highest BCUT2D eigenvalue weighted by atomic mass is 35.5. The van der Waals surface area contributed by atoms with Crippen LogP contribution >= 0.6 is 11.6 Å². The van der Waals surface area contributed by atoms with Crippen LogP contribution in [0.1, 0.15) is 13.8 Å². The van der Waals surface area contributed by atoms with E-state index in [1.807, 2.05) is 31.2 Å². The third-order valence-electron chi connectivity index (χ3n) is 5.58. The minimum Gasteiger partial charge on any atom is -0.497 e. The zero-order valence-corrected chi connectivity index (χ0v) is 20.7. The first-order valence-electron chi connectivity index (χ1n) is 10.9. The third-order valence-corrected chi connectivity index (χ3v) is 7.79. The predicted molar refractivity (Wildman–Crippen MR) is 129 cm³/mol. The van der Waals surface area contributed by atoms with Crippen molar-refractivity contribution in [2.45, 2.75) is 18.7 Å². The van der Waals surface area contributed by atoms with Crippen LogP contribution in [0.4, 0.5) is 5.69 Å². The van der Waals surface area contributed by atoms with Crippen LogP contribution < -0.4 is 14.4 Å². The topological polar surface area (TPSA) is 79.4 Å². The van der Waals surface area contributed by atoms with Crippen LogP contribution in [0, 0.1) is 0 Å². The number of piperazine rings is 1. The molecule has 2 aromatic carbocycles. The van der Waals surface area contributed by atoms with E-state index >= 15 is 0 Å². The van der Waals surface area contributed by atoms with E-state index in [0.717, 1.165) is 11.4 Å². The van der Waals surface area contributed by atoms with Crippen molar-refractivity contribution >= 4 is 33.2 Å². The molecule has 0 spiro atoms. The van der Waals surface area contributed by atoms with Crippen molar-refractivity contribution in [3.8, 4) is 11.5 Å². The van der Waals surface area contributed by atoms with E-state index in [4.69, 9.17) is 21.1 Å². The third kappa shape index (κ3) is 5.90. The van der Waals surface area contributed by atoms with E-state index in [2.05, 4.69) is 4.90 Å². The zero-order valence-electron chi connectivity index (χ0n) is 19.2. The van der Waals surface area contributed by atoms with Gasteiger partial charge in [-0.3, -0.25) is 4.79 Å². The fourth-order valence-electron chi connectivity index (χ4n) is 3.69. The van der Waals surface area contributed by atoms with Crippen LogP contribution in [0.3, 0.4) is 0 Å². The van der Waals surface area contributed by atoms with Crippen LogP contribution in [-0.4, -0.2) is 76.5 Å². The highest BCUT2D eigenvalue weighted by Gasteiger charge is 2.29. The smallest absolute Gasteiger partial charge is 0.243 e. The molecule has 0 saturated carbocycles. The summed E-state index contributed by atoms with van der Waals surface area (Å²) in [7, 11) is -2.25. The molecule has 0 N–H and O–H groups in total. The molecular weight excluding hydrogens is 466 g/mol. The van der Waals surface area contributed by atoms with E-state index in [0.29, 0.717) is 38.5 Å². The van der Waals surface area contributed by atoms with Gasteiger partial charge < -0.3 is 19.3 Å². The lowest BCUT2D eigenvalue weighted by Gasteiger charge is -2.37. The fourth-order valence-corrected chi connectivity index (χ4v) is 5.41. The number of carbonyl (C=O) groups is 1. The Balaban J connectivity index is 1.63. The average Bonchev–Trinajstić information content (AvgIpc) is 2.83. The van der Waals surface area contributed by atoms with Crippen molar-refractivity contribution in [2.75, 3.05) is 57.9 Å². The van der Waals surface area contributed by atoms with Crippen molar-refractivity contribution in [3.63, 3.8) is 0 Å². The van der Waals surface area contributed by atoms with Crippen molar-refractivity contribution in [3.05, 3.63) is 47.5 Å². The highest BCUT2D eigenvalue weighted by molar-refractivity contribution is 7.89. The lowest BCUT2D eigenvalue weighted by atomic mass is 10.2. The molecule has 2 aromatic rings. The molecule has 0 aliphatic carbocycles. The van der Waals surface area contributed by atoms with E-state index < -0.39 is 10.0 Å². The van der Waals surface area contributed by atoms with Gasteiger partial charge >= 0.3 is 0 Å². The molecule has 180 valence electrons. The predicted octanol–water partition coefficient (Wildman–Crippen LogP) is 3.11. The standard InChI is InChI=1S/C23H30ClN3O5S/c1-4-27(33(29,30)20-10-11-22(32-5-2)21(24)16-20)17-23(28)26-14-12-25(13-15-26)18-6-8-19(31-3)9-7-18/h6-11,16H,4-5,12-15,17H2,1-3H3. The quantitative estimate of drug-likeness (QED) is 0.532. The first-order chi connectivity index (χ1) is 15.8. The normalized spacial score (nSPS) is 14.5.